The summed E-state index contributed by atoms with van der Waals surface area (Å²) in [6.07, 6.45) is 0. The summed E-state index contributed by atoms with van der Waals surface area (Å²) in [5, 5.41) is 18.9. The topological polar surface area (TPSA) is 43.7 Å². The predicted octanol–water partition coefficient (Wildman–Crippen LogP) is 1.39. The molecule has 0 unspecified atom stereocenters. The van der Waals surface area contributed by atoms with Gasteiger partial charge in [-0.15, -0.1) is 0 Å². The second-order valence-electron chi connectivity index (χ2n) is 4.46. The van der Waals surface area contributed by atoms with Gasteiger partial charge in [-0.25, -0.2) is 0 Å². The number of aliphatic hydroxyl groups is 2. The number of benzene rings is 1. The van der Waals surface area contributed by atoms with E-state index >= 15 is 0 Å². The minimum atomic E-state index is -0.739. The minimum Gasteiger partial charge on any atom is -0.392 e. The van der Waals surface area contributed by atoms with Crippen LogP contribution in [0.5, 0.6) is 0 Å². The maximum atomic E-state index is 9.71. The van der Waals surface area contributed by atoms with Gasteiger partial charge in [-0.05, 0) is 19.9 Å². The Labute approximate surface area is 91.0 Å². The van der Waals surface area contributed by atoms with Crippen LogP contribution in [0.1, 0.15) is 19.4 Å². The summed E-state index contributed by atoms with van der Waals surface area (Å²) in [6.45, 7) is 4.09. The molecule has 0 fully saturated rings. The fraction of sp³-hybridized carbons (Fsp3) is 0.500. The molecule has 0 aliphatic carbocycles. The van der Waals surface area contributed by atoms with Crippen molar-refractivity contribution >= 4 is 5.69 Å². The second kappa shape index (κ2) is 4.64. The Morgan fingerprint density at radius 2 is 1.87 bits per heavy atom. The summed E-state index contributed by atoms with van der Waals surface area (Å²) in [7, 11) is 1.91. The first kappa shape index (κ1) is 12.0. The predicted molar refractivity (Wildman–Crippen MR) is 61.9 cm³/mol. The first-order chi connectivity index (χ1) is 6.94. The molecule has 0 atom stereocenters. The van der Waals surface area contributed by atoms with Crippen LogP contribution in [0.3, 0.4) is 0 Å². The van der Waals surface area contributed by atoms with Crippen molar-refractivity contribution in [1.82, 2.24) is 0 Å². The van der Waals surface area contributed by atoms with Crippen molar-refractivity contribution in [2.45, 2.75) is 26.1 Å². The Balaban J connectivity index is 2.86. The molecule has 0 saturated carbocycles. The Kier molecular flexibility index (Phi) is 3.72. The first-order valence-corrected chi connectivity index (χ1v) is 5.06. The van der Waals surface area contributed by atoms with E-state index in [-0.39, 0.29) is 6.61 Å². The Bertz CT molecular complexity index is 318. The maximum absolute atomic E-state index is 9.71. The average molecular weight is 209 g/mol. The number of rotatable bonds is 4. The molecule has 0 saturated heterocycles. The van der Waals surface area contributed by atoms with E-state index in [2.05, 4.69) is 0 Å². The van der Waals surface area contributed by atoms with E-state index in [1.54, 1.807) is 13.8 Å². The highest BCUT2D eigenvalue weighted by Gasteiger charge is 2.17. The number of aliphatic hydroxyl groups excluding tert-OH is 1. The Hall–Kier alpha value is -1.06. The number of hydrogen-bond acceptors (Lipinski definition) is 3. The largest absolute Gasteiger partial charge is 0.392 e. The van der Waals surface area contributed by atoms with Gasteiger partial charge in [0.1, 0.15) is 0 Å². The molecule has 0 aliphatic rings. The van der Waals surface area contributed by atoms with Crippen molar-refractivity contribution in [3.8, 4) is 0 Å². The van der Waals surface area contributed by atoms with Gasteiger partial charge in [0.25, 0.3) is 0 Å². The third-order valence-corrected chi connectivity index (χ3v) is 2.20. The molecule has 1 rings (SSSR count). The van der Waals surface area contributed by atoms with Crippen LogP contribution >= 0.6 is 0 Å². The molecule has 84 valence electrons. The first-order valence-electron chi connectivity index (χ1n) is 5.06. The van der Waals surface area contributed by atoms with Crippen LogP contribution in [0, 0.1) is 0 Å². The smallest absolute Gasteiger partial charge is 0.0765 e. The van der Waals surface area contributed by atoms with Gasteiger partial charge in [0.2, 0.25) is 0 Å². The van der Waals surface area contributed by atoms with Gasteiger partial charge in [0, 0.05) is 24.8 Å². The van der Waals surface area contributed by atoms with Gasteiger partial charge in [0.15, 0.2) is 0 Å². The molecule has 0 spiro atoms. The van der Waals surface area contributed by atoms with E-state index < -0.39 is 5.60 Å². The summed E-state index contributed by atoms with van der Waals surface area (Å²) < 4.78 is 0. The van der Waals surface area contributed by atoms with Crippen LogP contribution < -0.4 is 4.90 Å². The molecule has 15 heavy (non-hydrogen) atoms. The zero-order valence-electron chi connectivity index (χ0n) is 9.57. The lowest BCUT2D eigenvalue weighted by Gasteiger charge is -2.28. The van der Waals surface area contributed by atoms with Crippen molar-refractivity contribution in [3.63, 3.8) is 0 Å². The summed E-state index contributed by atoms with van der Waals surface area (Å²) in [6, 6.07) is 7.65. The number of nitrogens with zero attached hydrogens (tertiary/aromatic N) is 1. The quantitative estimate of drug-likeness (QED) is 0.787. The van der Waals surface area contributed by atoms with Crippen molar-refractivity contribution < 1.29 is 10.2 Å². The van der Waals surface area contributed by atoms with Crippen LogP contribution in [0.25, 0.3) is 0 Å². The number of anilines is 1. The summed E-state index contributed by atoms with van der Waals surface area (Å²) in [5.74, 6) is 0. The number of likely N-dealkylation sites (N-methyl/N-ethyl adjacent to an activating group) is 1. The van der Waals surface area contributed by atoms with Crippen molar-refractivity contribution in [2.24, 2.45) is 0 Å². The minimum absolute atomic E-state index is 0.0202. The Morgan fingerprint density at radius 3 is 2.40 bits per heavy atom. The highest BCUT2D eigenvalue weighted by Crippen LogP contribution is 2.20. The standard InChI is InChI=1S/C12H19NO2/c1-12(2,15)9-13(3)11-7-5-4-6-10(11)8-14/h4-7,14-15H,8-9H2,1-3H3. The molecule has 2 N–H and O–H groups in total. The van der Waals surface area contributed by atoms with Crippen molar-refractivity contribution in [1.29, 1.82) is 0 Å². The van der Waals surface area contributed by atoms with E-state index in [1.165, 1.54) is 0 Å². The number of para-hydroxylation sites is 1. The average Bonchev–Trinajstić information content (AvgIpc) is 2.15. The summed E-state index contributed by atoms with van der Waals surface area (Å²) in [4.78, 5) is 1.95. The third kappa shape index (κ3) is 3.53. The highest BCUT2D eigenvalue weighted by atomic mass is 16.3. The maximum Gasteiger partial charge on any atom is 0.0765 e. The van der Waals surface area contributed by atoms with E-state index in [1.807, 2.05) is 36.2 Å². The molecule has 3 heteroatoms. The SMILES string of the molecule is CN(CC(C)(C)O)c1ccccc1CO. The fourth-order valence-corrected chi connectivity index (χ4v) is 1.68. The molecule has 0 aromatic heterocycles. The van der Waals surface area contributed by atoms with Gasteiger partial charge in [-0.2, -0.15) is 0 Å². The van der Waals surface area contributed by atoms with Crippen LogP contribution in [-0.2, 0) is 6.61 Å². The zero-order valence-corrected chi connectivity index (χ0v) is 9.57. The molecule has 3 nitrogen and oxygen atoms in total. The molecular weight excluding hydrogens is 190 g/mol. The van der Waals surface area contributed by atoms with Gasteiger partial charge < -0.3 is 15.1 Å². The molecule has 0 bridgehead atoms. The van der Waals surface area contributed by atoms with E-state index in [9.17, 15) is 10.2 Å². The normalized spacial score (nSPS) is 11.5. The van der Waals surface area contributed by atoms with Gasteiger partial charge in [-0.3, -0.25) is 0 Å². The highest BCUT2D eigenvalue weighted by molar-refractivity contribution is 5.52. The fourth-order valence-electron chi connectivity index (χ4n) is 1.68. The monoisotopic (exact) mass is 209 g/mol. The van der Waals surface area contributed by atoms with Gasteiger partial charge in [-0.1, -0.05) is 18.2 Å². The molecule has 1 aromatic carbocycles. The summed E-state index contributed by atoms with van der Waals surface area (Å²) in [5.41, 5.74) is 1.10. The van der Waals surface area contributed by atoms with Crippen LogP contribution in [0.2, 0.25) is 0 Å². The lowest BCUT2D eigenvalue weighted by molar-refractivity contribution is 0.0885. The third-order valence-electron chi connectivity index (χ3n) is 2.20. The molecule has 0 amide bonds. The number of hydrogen-bond donors (Lipinski definition) is 2. The van der Waals surface area contributed by atoms with Crippen LogP contribution in [0.15, 0.2) is 24.3 Å². The van der Waals surface area contributed by atoms with Gasteiger partial charge in [0.05, 0.1) is 12.2 Å². The lowest BCUT2D eigenvalue weighted by Crippen LogP contribution is -2.36. The zero-order chi connectivity index (χ0) is 11.5. The van der Waals surface area contributed by atoms with E-state index in [4.69, 9.17) is 0 Å². The second-order valence-corrected chi connectivity index (χ2v) is 4.46. The molecule has 0 heterocycles. The van der Waals surface area contributed by atoms with Crippen molar-refractivity contribution in [3.05, 3.63) is 29.8 Å². The molecular formula is C12H19NO2. The van der Waals surface area contributed by atoms with Gasteiger partial charge >= 0.3 is 0 Å². The van der Waals surface area contributed by atoms with E-state index in [0.29, 0.717) is 6.54 Å². The molecule has 0 radical (unpaired) electrons. The van der Waals surface area contributed by atoms with E-state index in [0.717, 1.165) is 11.3 Å². The van der Waals surface area contributed by atoms with Crippen molar-refractivity contribution in [2.75, 3.05) is 18.5 Å². The Morgan fingerprint density at radius 1 is 1.27 bits per heavy atom. The summed E-state index contributed by atoms with van der Waals surface area (Å²) >= 11 is 0. The van der Waals surface area contributed by atoms with Crippen LogP contribution in [-0.4, -0.2) is 29.4 Å². The van der Waals surface area contributed by atoms with Crippen LogP contribution in [0.4, 0.5) is 5.69 Å². The molecule has 1 aromatic rings. The molecule has 0 aliphatic heterocycles. The lowest BCUT2D eigenvalue weighted by atomic mass is 10.1.